The van der Waals surface area contributed by atoms with Crippen LogP contribution < -0.4 is 10.6 Å². The lowest BCUT2D eigenvalue weighted by molar-refractivity contribution is 0.0942. The fourth-order valence-electron chi connectivity index (χ4n) is 2.68. The Balaban J connectivity index is 1.81. The molecular weight excluding hydrogens is 266 g/mol. The van der Waals surface area contributed by atoms with Crippen LogP contribution in [-0.4, -0.2) is 59.9 Å². The largest absolute Gasteiger partial charge is 0.349 e. The number of nitrogens with zero attached hydrogens (tertiary/aromatic N) is 3. The minimum atomic E-state index is -0.0790. The van der Waals surface area contributed by atoms with Crippen LogP contribution >= 0.6 is 0 Å². The molecule has 6 nitrogen and oxygen atoms in total. The Morgan fingerprint density at radius 2 is 2.33 bits per heavy atom. The SMILES string of the molecule is CCN(CC)CCNC(=O)c1ccn(C2CCCNC2)n1. The number of rotatable bonds is 7. The van der Waals surface area contributed by atoms with E-state index in [1.165, 1.54) is 0 Å². The molecule has 2 rings (SSSR count). The minimum absolute atomic E-state index is 0.0790. The zero-order chi connectivity index (χ0) is 15.1. The van der Waals surface area contributed by atoms with E-state index < -0.39 is 0 Å². The summed E-state index contributed by atoms with van der Waals surface area (Å²) in [6.07, 6.45) is 4.20. The van der Waals surface area contributed by atoms with E-state index in [9.17, 15) is 4.79 Å². The van der Waals surface area contributed by atoms with E-state index in [4.69, 9.17) is 0 Å². The molecular formula is C15H27N5O. The molecule has 1 unspecified atom stereocenters. The van der Waals surface area contributed by atoms with Crippen molar-refractivity contribution >= 4 is 5.91 Å². The van der Waals surface area contributed by atoms with E-state index in [1.807, 2.05) is 10.9 Å². The minimum Gasteiger partial charge on any atom is -0.349 e. The Labute approximate surface area is 126 Å². The molecule has 1 saturated heterocycles. The highest BCUT2D eigenvalue weighted by molar-refractivity contribution is 5.92. The number of hydrogen-bond donors (Lipinski definition) is 2. The molecule has 6 heteroatoms. The van der Waals surface area contributed by atoms with Crippen LogP contribution in [0.4, 0.5) is 0 Å². The summed E-state index contributed by atoms with van der Waals surface area (Å²) in [4.78, 5) is 14.4. The molecule has 21 heavy (non-hydrogen) atoms. The number of carbonyl (C=O) groups is 1. The average molecular weight is 293 g/mol. The van der Waals surface area contributed by atoms with Gasteiger partial charge in [-0.1, -0.05) is 13.8 Å². The van der Waals surface area contributed by atoms with Crippen molar-refractivity contribution in [2.24, 2.45) is 0 Å². The predicted octanol–water partition coefficient (Wildman–Crippen LogP) is 0.879. The van der Waals surface area contributed by atoms with Gasteiger partial charge in [0.25, 0.3) is 5.91 Å². The first-order valence-electron chi connectivity index (χ1n) is 8.01. The number of hydrogen-bond acceptors (Lipinski definition) is 4. The molecule has 0 spiro atoms. The molecule has 0 radical (unpaired) electrons. The average Bonchev–Trinajstić information content (AvgIpc) is 3.02. The number of likely N-dealkylation sites (N-methyl/N-ethyl adjacent to an activating group) is 1. The van der Waals surface area contributed by atoms with Crippen molar-refractivity contribution in [2.45, 2.75) is 32.7 Å². The summed E-state index contributed by atoms with van der Waals surface area (Å²) in [7, 11) is 0. The lowest BCUT2D eigenvalue weighted by Gasteiger charge is -2.22. The number of nitrogens with one attached hydrogen (secondary N) is 2. The second-order valence-electron chi connectivity index (χ2n) is 5.46. The Morgan fingerprint density at radius 3 is 3.00 bits per heavy atom. The van der Waals surface area contributed by atoms with Crippen LogP contribution in [0.1, 0.15) is 43.2 Å². The smallest absolute Gasteiger partial charge is 0.271 e. The van der Waals surface area contributed by atoms with Crippen molar-refractivity contribution in [1.82, 2.24) is 25.3 Å². The van der Waals surface area contributed by atoms with Crippen LogP contribution in [0.15, 0.2) is 12.3 Å². The van der Waals surface area contributed by atoms with Gasteiger partial charge in [-0.05, 0) is 38.5 Å². The maximum atomic E-state index is 12.1. The van der Waals surface area contributed by atoms with Crippen LogP contribution in [-0.2, 0) is 0 Å². The Hall–Kier alpha value is -1.40. The molecule has 1 amide bonds. The molecule has 1 fully saturated rings. The fraction of sp³-hybridized carbons (Fsp3) is 0.733. The zero-order valence-corrected chi connectivity index (χ0v) is 13.1. The van der Waals surface area contributed by atoms with Crippen LogP contribution in [0.3, 0.4) is 0 Å². The van der Waals surface area contributed by atoms with Gasteiger partial charge in [0.15, 0.2) is 0 Å². The number of carbonyl (C=O) groups excluding carboxylic acids is 1. The fourth-order valence-corrected chi connectivity index (χ4v) is 2.68. The highest BCUT2D eigenvalue weighted by Gasteiger charge is 2.17. The van der Waals surface area contributed by atoms with E-state index in [0.29, 0.717) is 18.3 Å². The van der Waals surface area contributed by atoms with E-state index >= 15 is 0 Å². The third kappa shape index (κ3) is 4.54. The van der Waals surface area contributed by atoms with Crippen LogP contribution in [0.2, 0.25) is 0 Å². The first kappa shape index (κ1) is 16.0. The quantitative estimate of drug-likeness (QED) is 0.783. The molecule has 118 valence electrons. The maximum absolute atomic E-state index is 12.1. The standard InChI is InChI=1S/C15H27N5O/c1-3-19(4-2)11-9-17-15(21)14-7-10-20(18-14)13-6-5-8-16-12-13/h7,10,13,16H,3-6,8-9,11-12H2,1-2H3,(H,17,21). The van der Waals surface area contributed by atoms with Crippen molar-refractivity contribution in [3.8, 4) is 0 Å². The van der Waals surface area contributed by atoms with Gasteiger partial charge in [-0.25, -0.2) is 0 Å². The summed E-state index contributed by atoms with van der Waals surface area (Å²) in [6, 6.07) is 2.18. The Bertz CT molecular complexity index is 435. The van der Waals surface area contributed by atoms with Gasteiger partial charge >= 0.3 is 0 Å². The summed E-state index contributed by atoms with van der Waals surface area (Å²) in [6.45, 7) is 9.84. The molecule has 1 aliphatic rings. The summed E-state index contributed by atoms with van der Waals surface area (Å²) < 4.78 is 1.92. The molecule has 0 saturated carbocycles. The molecule has 2 N–H and O–H groups in total. The predicted molar refractivity (Wildman–Crippen MR) is 83.5 cm³/mol. The summed E-state index contributed by atoms with van der Waals surface area (Å²) in [5.41, 5.74) is 0.514. The topological polar surface area (TPSA) is 62.2 Å². The molecule has 0 aromatic carbocycles. The number of amides is 1. The van der Waals surface area contributed by atoms with Gasteiger partial charge in [-0.3, -0.25) is 9.48 Å². The summed E-state index contributed by atoms with van der Waals surface area (Å²) >= 11 is 0. The summed E-state index contributed by atoms with van der Waals surface area (Å²) in [5.74, 6) is -0.0790. The van der Waals surface area contributed by atoms with Gasteiger partial charge < -0.3 is 15.5 Å². The third-order valence-corrected chi connectivity index (χ3v) is 4.09. The lowest BCUT2D eigenvalue weighted by Crippen LogP contribution is -2.35. The van der Waals surface area contributed by atoms with Crippen molar-refractivity contribution in [3.63, 3.8) is 0 Å². The zero-order valence-electron chi connectivity index (χ0n) is 13.1. The van der Waals surface area contributed by atoms with Gasteiger partial charge in [0.1, 0.15) is 5.69 Å². The molecule has 1 aromatic rings. The van der Waals surface area contributed by atoms with E-state index in [1.54, 1.807) is 6.07 Å². The highest BCUT2D eigenvalue weighted by Crippen LogP contribution is 2.15. The van der Waals surface area contributed by atoms with E-state index in [2.05, 4.69) is 34.5 Å². The van der Waals surface area contributed by atoms with Crippen LogP contribution in [0.5, 0.6) is 0 Å². The lowest BCUT2D eigenvalue weighted by atomic mass is 10.1. The first-order chi connectivity index (χ1) is 10.2. The first-order valence-corrected chi connectivity index (χ1v) is 8.01. The normalized spacial score (nSPS) is 18.9. The van der Waals surface area contributed by atoms with Crippen molar-refractivity contribution < 1.29 is 4.79 Å². The third-order valence-electron chi connectivity index (χ3n) is 4.09. The van der Waals surface area contributed by atoms with Crippen molar-refractivity contribution in [2.75, 3.05) is 39.3 Å². The second-order valence-corrected chi connectivity index (χ2v) is 5.46. The van der Waals surface area contributed by atoms with Crippen LogP contribution in [0, 0.1) is 0 Å². The van der Waals surface area contributed by atoms with Crippen molar-refractivity contribution in [3.05, 3.63) is 18.0 Å². The van der Waals surface area contributed by atoms with Gasteiger partial charge in [-0.15, -0.1) is 0 Å². The number of piperidine rings is 1. The molecule has 2 heterocycles. The van der Waals surface area contributed by atoms with Gasteiger partial charge in [0.05, 0.1) is 6.04 Å². The second kappa shape index (κ2) is 8.14. The molecule has 1 aromatic heterocycles. The maximum Gasteiger partial charge on any atom is 0.271 e. The monoisotopic (exact) mass is 293 g/mol. The van der Waals surface area contributed by atoms with Gasteiger partial charge in [0.2, 0.25) is 0 Å². The van der Waals surface area contributed by atoms with Crippen LogP contribution in [0.25, 0.3) is 0 Å². The van der Waals surface area contributed by atoms with Gasteiger partial charge in [-0.2, -0.15) is 5.10 Å². The Kier molecular flexibility index (Phi) is 6.20. The van der Waals surface area contributed by atoms with E-state index in [-0.39, 0.29) is 5.91 Å². The highest BCUT2D eigenvalue weighted by atomic mass is 16.1. The molecule has 1 aliphatic heterocycles. The Morgan fingerprint density at radius 1 is 1.52 bits per heavy atom. The van der Waals surface area contributed by atoms with Crippen molar-refractivity contribution in [1.29, 1.82) is 0 Å². The summed E-state index contributed by atoms with van der Waals surface area (Å²) in [5, 5.41) is 10.7. The molecule has 0 bridgehead atoms. The van der Waals surface area contributed by atoms with Gasteiger partial charge in [0, 0.05) is 25.8 Å². The molecule has 1 atom stereocenters. The molecule has 0 aliphatic carbocycles. The number of aromatic nitrogens is 2. The van der Waals surface area contributed by atoms with E-state index in [0.717, 1.165) is 45.6 Å².